The Morgan fingerprint density at radius 3 is 2.58 bits per heavy atom. The predicted molar refractivity (Wildman–Crippen MR) is 122 cm³/mol. The number of halogens is 1. The van der Waals surface area contributed by atoms with E-state index in [1.807, 2.05) is 19.1 Å². The van der Waals surface area contributed by atoms with Crippen LogP contribution in [0.3, 0.4) is 0 Å². The lowest BCUT2D eigenvalue weighted by molar-refractivity contribution is -0.116. The average Bonchev–Trinajstić information content (AvgIpc) is 3.27. The fraction of sp³-hybridized carbons (Fsp3) is 0.182. The molecule has 0 saturated heterocycles. The lowest BCUT2D eigenvalue weighted by Crippen LogP contribution is -2.40. The molecule has 0 aliphatic rings. The van der Waals surface area contributed by atoms with E-state index in [-0.39, 0.29) is 36.2 Å². The molecule has 11 heteroatoms. The molecule has 168 valence electrons. The third kappa shape index (κ3) is 4.75. The number of carbonyl (C=O) groups excluding carboxylic acids is 1. The van der Waals surface area contributed by atoms with Gasteiger partial charge in [-0.2, -0.15) is 14.8 Å². The lowest BCUT2D eigenvalue weighted by atomic mass is 10.2. The lowest BCUT2D eigenvalue weighted by Gasteiger charge is -2.08. The van der Waals surface area contributed by atoms with Crippen molar-refractivity contribution in [2.24, 2.45) is 7.05 Å². The zero-order valence-electron chi connectivity index (χ0n) is 17.8. The first-order valence-corrected chi connectivity index (χ1v) is 10.4. The molecule has 2 heterocycles. The van der Waals surface area contributed by atoms with Gasteiger partial charge in [0.2, 0.25) is 17.6 Å². The second kappa shape index (κ2) is 9.21. The molecule has 4 rings (SSSR count). The van der Waals surface area contributed by atoms with E-state index in [9.17, 15) is 14.4 Å². The van der Waals surface area contributed by atoms with Gasteiger partial charge in [-0.3, -0.25) is 14.2 Å². The van der Waals surface area contributed by atoms with Gasteiger partial charge in [0.25, 0.3) is 5.56 Å². The summed E-state index contributed by atoms with van der Waals surface area (Å²) in [4.78, 5) is 41.6. The van der Waals surface area contributed by atoms with E-state index in [2.05, 4.69) is 20.6 Å². The Morgan fingerprint density at radius 2 is 1.85 bits per heavy atom. The van der Waals surface area contributed by atoms with Crippen LogP contribution in [0.15, 0.2) is 62.6 Å². The molecule has 33 heavy (non-hydrogen) atoms. The monoisotopic (exact) mass is 466 g/mol. The highest BCUT2D eigenvalue weighted by molar-refractivity contribution is 6.33. The molecule has 0 aliphatic carbocycles. The smallest absolute Gasteiger partial charge is 0.339 e. The van der Waals surface area contributed by atoms with Crippen molar-refractivity contribution in [1.82, 2.24) is 24.5 Å². The van der Waals surface area contributed by atoms with E-state index >= 15 is 0 Å². The van der Waals surface area contributed by atoms with Crippen molar-refractivity contribution in [3.05, 3.63) is 85.8 Å². The summed E-state index contributed by atoms with van der Waals surface area (Å²) in [6.07, 6.45) is 0.197. The Morgan fingerprint density at radius 1 is 1.12 bits per heavy atom. The summed E-state index contributed by atoms with van der Waals surface area (Å²) in [5.74, 6) is -0.209. The second-order valence-corrected chi connectivity index (χ2v) is 7.69. The quantitative estimate of drug-likeness (QED) is 0.462. The van der Waals surface area contributed by atoms with Gasteiger partial charge in [0.15, 0.2) is 5.69 Å². The highest BCUT2D eigenvalue weighted by atomic mass is 35.5. The van der Waals surface area contributed by atoms with Crippen LogP contribution in [-0.2, 0) is 18.3 Å². The molecule has 1 N–H and O–H groups in total. The van der Waals surface area contributed by atoms with Crippen molar-refractivity contribution in [3.8, 4) is 17.2 Å². The molecule has 1 amide bonds. The van der Waals surface area contributed by atoms with Crippen molar-refractivity contribution >= 4 is 23.2 Å². The van der Waals surface area contributed by atoms with Crippen LogP contribution in [0, 0.1) is 6.92 Å². The summed E-state index contributed by atoms with van der Waals surface area (Å²) in [5.41, 5.74) is 0.593. The maximum absolute atomic E-state index is 12.6. The summed E-state index contributed by atoms with van der Waals surface area (Å²) in [6.45, 7) is 1.92. The molecule has 0 fully saturated rings. The van der Waals surface area contributed by atoms with Crippen LogP contribution in [0.5, 0.6) is 0 Å². The third-order valence-electron chi connectivity index (χ3n) is 4.85. The van der Waals surface area contributed by atoms with Gasteiger partial charge in [-0.05, 0) is 31.2 Å². The van der Waals surface area contributed by atoms with E-state index in [1.54, 1.807) is 36.4 Å². The second-order valence-electron chi connectivity index (χ2n) is 7.28. The van der Waals surface area contributed by atoms with Crippen LogP contribution >= 0.6 is 11.6 Å². The molecule has 4 aromatic rings. The van der Waals surface area contributed by atoms with E-state index in [1.165, 1.54) is 7.05 Å². The molecule has 0 aliphatic heterocycles. The predicted octanol–water partition coefficient (Wildman–Crippen LogP) is 2.51. The fourth-order valence-corrected chi connectivity index (χ4v) is 3.20. The number of aromatic nitrogens is 5. The summed E-state index contributed by atoms with van der Waals surface area (Å²) in [5, 5.41) is 11.1. The van der Waals surface area contributed by atoms with Crippen LogP contribution in [0.25, 0.3) is 17.2 Å². The molecule has 10 nitrogen and oxygen atoms in total. The zero-order chi connectivity index (χ0) is 23.5. The van der Waals surface area contributed by atoms with Gasteiger partial charge in [-0.15, -0.1) is 0 Å². The SMILES string of the molecule is Cc1ccc(-n2nc(-c3noc(CCC(=O)Nc4ccccc4Cl)n3)c(=O)n(C)c2=O)cc1. The molecule has 0 spiro atoms. The third-order valence-corrected chi connectivity index (χ3v) is 5.18. The number of rotatable bonds is 6. The summed E-state index contributed by atoms with van der Waals surface area (Å²) < 4.78 is 7.21. The van der Waals surface area contributed by atoms with E-state index in [0.717, 1.165) is 14.8 Å². The minimum Gasteiger partial charge on any atom is -0.339 e. The van der Waals surface area contributed by atoms with Gasteiger partial charge in [-0.1, -0.05) is 46.6 Å². The maximum atomic E-state index is 12.6. The zero-order valence-corrected chi connectivity index (χ0v) is 18.5. The highest BCUT2D eigenvalue weighted by Crippen LogP contribution is 2.20. The van der Waals surface area contributed by atoms with Gasteiger partial charge >= 0.3 is 5.69 Å². The molecule has 0 bridgehead atoms. The van der Waals surface area contributed by atoms with Crippen molar-refractivity contribution in [2.45, 2.75) is 19.8 Å². The first kappa shape index (κ1) is 22.2. The average molecular weight is 467 g/mol. The topological polar surface area (TPSA) is 125 Å². The summed E-state index contributed by atoms with van der Waals surface area (Å²) >= 11 is 6.04. The summed E-state index contributed by atoms with van der Waals surface area (Å²) in [7, 11) is 1.35. The number of hydrogen-bond donors (Lipinski definition) is 1. The number of para-hydroxylation sites is 1. The van der Waals surface area contributed by atoms with Crippen LogP contribution in [0.1, 0.15) is 17.9 Å². The van der Waals surface area contributed by atoms with E-state index < -0.39 is 11.2 Å². The molecule has 0 radical (unpaired) electrons. The number of nitrogens with zero attached hydrogens (tertiary/aromatic N) is 5. The standard InChI is InChI=1S/C22H19ClN6O4/c1-13-7-9-14(10-8-13)29-22(32)28(2)21(31)19(26-29)20-25-18(33-27-20)12-11-17(30)24-16-6-4-3-5-15(16)23/h3-10H,11-12H2,1-2H3,(H,24,30). The van der Waals surface area contributed by atoms with Crippen LogP contribution in [0.2, 0.25) is 5.02 Å². The Balaban J connectivity index is 1.55. The Hall–Kier alpha value is -4.05. The van der Waals surface area contributed by atoms with Gasteiger partial charge in [-0.25, -0.2) is 4.79 Å². The number of anilines is 1. The van der Waals surface area contributed by atoms with Gasteiger partial charge < -0.3 is 9.84 Å². The minimum absolute atomic E-state index is 0.0567. The minimum atomic E-state index is -0.660. The number of aryl methyl sites for hydroxylation is 2. The summed E-state index contributed by atoms with van der Waals surface area (Å²) in [6, 6.07) is 14.0. The van der Waals surface area contributed by atoms with E-state index in [4.69, 9.17) is 16.1 Å². The normalized spacial score (nSPS) is 10.9. The molecule has 0 saturated carbocycles. The molecular formula is C22H19ClN6O4. The Bertz CT molecular complexity index is 1440. The van der Waals surface area contributed by atoms with Crippen LogP contribution in [-0.4, -0.2) is 30.4 Å². The largest absolute Gasteiger partial charge is 0.351 e. The molecule has 2 aromatic carbocycles. The van der Waals surface area contributed by atoms with Crippen molar-refractivity contribution < 1.29 is 9.32 Å². The first-order valence-electron chi connectivity index (χ1n) is 9.98. The highest BCUT2D eigenvalue weighted by Gasteiger charge is 2.19. The number of benzene rings is 2. The fourth-order valence-electron chi connectivity index (χ4n) is 3.02. The Kier molecular flexibility index (Phi) is 6.18. The number of hydrogen-bond acceptors (Lipinski definition) is 7. The number of amides is 1. The number of nitrogens with one attached hydrogen (secondary N) is 1. The van der Waals surface area contributed by atoms with Crippen molar-refractivity contribution in [2.75, 3.05) is 5.32 Å². The molecule has 0 atom stereocenters. The maximum Gasteiger partial charge on any atom is 0.351 e. The molecule has 0 unspecified atom stereocenters. The number of carbonyl (C=O) groups is 1. The van der Waals surface area contributed by atoms with Crippen molar-refractivity contribution in [3.63, 3.8) is 0 Å². The first-order chi connectivity index (χ1) is 15.8. The van der Waals surface area contributed by atoms with Gasteiger partial charge in [0, 0.05) is 19.9 Å². The van der Waals surface area contributed by atoms with Gasteiger partial charge in [0.05, 0.1) is 16.4 Å². The van der Waals surface area contributed by atoms with Crippen LogP contribution in [0.4, 0.5) is 5.69 Å². The van der Waals surface area contributed by atoms with E-state index in [0.29, 0.717) is 16.4 Å². The van der Waals surface area contributed by atoms with Crippen molar-refractivity contribution in [1.29, 1.82) is 0 Å². The van der Waals surface area contributed by atoms with Gasteiger partial charge in [0.1, 0.15) is 0 Å². The molecular weight excluding hydrogens is 448 g/mol. The Labute approximate surface area is 192 Å². The molecule has 2 aromatic heterocycles. The van der Waals surface area contributed by atoms with Crippen LogP contribution < -0.4 is 16.6 Å².